The van der Waals surface area contributed by atoms with Crippen LogP contribution in [0.1, 0.15) is 69.9 Å². The van der Waals surface area contributed by atoms with Crippen molar-refractivity contribution < 1.29 is 14.3 Å². The van der Waals surface area contributed by atoms with Gasteiger partial charge in [0.05, 0.1) is 19.7 Å². The van der Waals surface area contributed by atoms with Gasteiger partial charge in [0.2, 0.25) is 5.70 Å². The topological polar surface area (TPSA) is 46.6 Å². The lowest BCUT2D eigenvalue weighted by molar-refractivity contribution is -0.141. The molecule has 1 aliphatic carbocycles. The van der Waals surface area contributed by atoms with Gasteiger partial charge in [0, 0.05) is 42.1 Å². The molecule has 1 aromatic rings. The van der Waals surface area contributed by atoms with Gasteiger partial charge in [0.1, 0.15) is 11.5 Å². The zero-order valence-corrected chi connectivity index (χ0v) is 19.9. The first-order valence-electron chi connectivity index (χ1n) is 12.2. The molecule has 1 saturated heterocycles. The van der Waals surface area contributed by atoms with E-state index in [-0.39, 0.29) is 24.8 Å². The van der Waals surface area contributed by atoms with Gasteiger partial charge in [-0.25, -0.2) is 4.79 Å². The Balaban J connectivity index is 1.85. The summed E-state index contributed by atoms with van der Waals surface area (Å²) >= 11 is 0. The predicted molar refractivity (Wildman–Crippen MR) is 129 cm³/mol. The fourth-order valence-electron chi connectivity index (χ4n) is 6.36. The number of Topliss-reactive ketones (excluding diaryl/α,β-unsaturated/α-hetero) is 1. The number of hydrogen-bond acceptors (Lipinski definition) is 4. The van der Waals surface area contributed by atoms with Crippen LogP contribution < -0.4 is 4.48 Å². The van der Waals surface area contributed by atoms with Gasteiger partial charge in [0.25, 0.3) is 0 Å². The summed E-state index contributed by atoms with van der Waals surface area (Å²) in [7, 11) is 0. The number of piperidine rings is 1. The maximum atomic E-state index is 13.6. The molecule has 172 valence electrons. The smallest absolute Gasteiger partial charge is 0.393 e. The quantitative estimate of drug-likeness (QED) is 0.316. The molecule has 4 rings (SSSR count). The maximum Gasteiger partial charge on any atom is 0.393 e. The lowest BCUT2D eigenvalue weighted by Crippen LogP contribution is -2.50. The molecule has 2 heterocycles. The van der Waals surface area contributed by atoms with Crippen molar-refractivity contribution in [2.45, 2.75) is 64.8 Å². The largest absolute Gasteiger partial charge is 0.458 e. The molecule has 5 nitrogen and oxygen atoms in total. The van der Waals surface area contributed by atoms with Gasteiger partial charge in [0.15, 0.2) is 0 Å². The Morgan fingerprint density at radius 1 is 1.31 bits per heavy atom. The van der Waals surface area contributed by atoms with E-state index >= 15 is 0 Å². The van der Waals surface area contributed by atoms with Crippen LogP contribution in [0, 0.1) is 0 Å². The first kappa shape index (κ1) is 22.9. The Hall–Kier alpha value is -2.24. The molecular formula is C27H37N2O3+. The lowest BCUT2D eigenvalue weighted by atomic mass is 9.72. The van der Waals surface area contributed by atoms with Crippen LogP contribution in [0.3, 0.4) is 0 Å². The summed E-state index contributed by atoms with van der Waals surface area (Å²) in [6.45, 7) is 13.7. The number of carbonyl (C=O) groups is 2. The van der Waals surface area contributed by atoms with Crippen molar-refractivity contribution >= 4 is 23.0 Å². The second kappa shape index (κ2) is 9.32. The highest BCUT2D eigenvalue weighted by molar-refractivity contribution is 6.06. The third-order valence-electron chi connectivity index (χ3n) is 7.65. The molecule has 0 saturated carbocycles. The van der Waals surface area contributed by atoms with E-state index in [0.29, 0.717) is 16.4 Å². The molecule has 3 aliphatic rings. The number of carbonyl (C=O) groups excluding carboxylic acids is 2. The monoisotopic (exact) mass is 437 g/mol. The number of benzene rings is 1. The highest BCUT2D eigenvalue weighted by atomic mass is 16.5. The number of likely N-dealkylation sites (tertiary alicyclic amines) is 1. The molecule has 5 heteroatoms. The molecule has 0 bridgehead atoms. The third-order valence-corrected chi connectivity index (χ3v) is 7.65. The number of hydrogen-bond donors (Lipinski definition) is 0. The average molecular weight is 438 g/mol. The number of ether oxygens (including phenoxy) is 1. The summed E-state index contributed by atoms with van der Waals surface area (Å²) < 4.78 is 6.28. The van der Waals surface area contributed by atoms with E-state index in [2.05, 4.69) is 43.5 Å². The van der Waals surface area contributed by atoms with Crippen LogP contribution >= 0.6 is 0 Å². The van der Waals surface area contributed by atoms with Crippen LogP contribution in [0.4, 0.5) is 5.69 Å². The average Bonchev–Trinajstić information content (AvgIpc) is 3.05. The van der Waals surface area contributed by atoms with Gasteiger partial charge in [-0.05, 0) is 51.6 Å². The molecule has 0 aromatic heterocycles. The van der Waals surface area contributed by atoms with Crippen LogP contribution in [0.5, 0.6) is 0 Å². The summed E-state index contributed by atoms with van der Waals surface area (Å²) in [5, 5.41) is 0. The summed E-state index contributed by atoms with van der Waals surface area (Å²) in [6, 6.07) is 7.08. The molecule has 0 spiro atoms. The molecule has 2 unspecified atom stereocenters. The van der Waals surface area contributed by atoms with Crippen LogP contribution in [0.15, 0.2) is 36.6 Å². The summed E-state index contributed by atoms with van der Waals surface area (Å²) in [6.07, 6.45) is 6.51. The normalized spacial score (nSPS) is 26.5. The summed E-state index contributed by atoms with van der Waals surface area (Å²) in [4.78, 5) is 27.5. The van der Waals surface area contributed by atoms with Gasteiger partial charge in [-0.2, -0.15) is 0 Å². The number of nitrogens with zero attached hydrogens (tertiary/aromatic N) is 2. The number of quaternary nitrogens is 1. The van der Waals surface area contributed by atoms with Crippen molar-refractivity contribution in [1.29, 1.82) is 0 Å². The fourth-order valence-corrected chi connectivity index (χ4v) is 6.36. The van der Waals surface area contributed by atoms with Crippen LogP contribution in [-0.4, -0.2) is 55.5 Å². The zero-order valence-electron chi connectivity index (χ0n) is 19.9. The van der Waals surface area contributed by atoms with Gasteiger partial charge in [-0.3, -0.25) is 14.2 Å². The van der Waals surface area contributed by atoms with Crippen molar-refractivity contribution in [3.05, 3.63) is 47.7 Å². The van der Waals surface area contributed by atoms with Crippen molar-refractivity contribution in [3.8, 4) is 0 Å². The number of esters is 1. The van der Waals surface area contributed by atoms with Crippen LogP contribution in [0.25, 0.3) is 5.57 Å². The maximum absolute atomic E-state index is 13.6. The predicted octanol–water partition coefficient (Wildman–Crippen LogP) is 4.81. The minimum atomic E-state index is -0.247. The van der Waals surface area contributed by atoms with Crippen molar-refractivity contribution in [2.75, 3.05) is 32.8 Å². The molecule has 0 N–H and O–H groups in total. The number of ketones is 1. The molecule has 1 fully saturated rings. The Labute approximate surface area is 192 Å². The van der Waals surface area contributed by atoms with Gasteiger partial charge in [-0.15, -0.1) is 6.58 Å². The summed E-state index contributed by atoms with van der Waals surface area (Å²) in [5.74, 6) is 0.291. The number of fused-ring (bicyclic) bond motifs is 2. The van der Waals surface area contributed by atoms with Gasteiger partial charge < -0.3 is 4.74 Å². The molecular weight excluding hydrogens is 400 g/mol. The highest BCUT2D eigenvalue weighted by Crippen LogP contribution is 2.56. The lowest BCUT2D eigenvalue weighted by Gasteiger charge is -2.44. The van der Waals surface area contributed by atoms with Gasteiger partial charge in [-0.1, -0.05) is 25.1 Å². The van der Waals surface area contributed by atoms with Gasteiger partial charge >= 0.3 is 5.97 Å². The van der Waals surface area contributed by atoms with E-state index < -0.39 is 0 Å². The van der Waals surface area contributed by atoms with E-state index in [1.54, 1.807) is 0 Å². The van der Waals surface area contributed by atoms with E-state index in [0.717, 1.165) is 44.7 Å². The standard InChI is InChI=1S/C27H37N2O3/c1-5-14-28-15-9-11-20-21-10-8-12-24-25(21)22(18-23(20)28)26(29(24,7-3)16-6-2)27(31)32-17-13-19(4)30/h5,8,10,12,20,23H,1,6-7,9,11,13-18H2,2-4H3/q+1/t20?,23-,29?/m1/s1. The SMILES string of the molecule is C=CCN1CCCC2c3cccc4c3C(=C(C(=O)OCCC(C)=O)[N+]4(CC)CCC)C[C@H]21. The number of rotatable bonds is 9. The minimum Gasteiger partial charge on any atom is -0.458 e. The van der Waals surface area contributed by atoms with Crippen LogP contribution in [0.2, 0.25) is 0 Å². The Morgan fingerprint density at radius 3 is 2.81 bits per heavy atom. The Bertz CT molecular complexity index is 950. The molecule has 2 aliphatic heterocycles. The second-order valence-electron chi connectivity index (χ2n) is 9.47. The van der Waals surface area contributed by atoms with E-state index in [4.69, 9.17) is 4.74 Å². The molecule has 1 aromatic carbocycles. The molecule has 32 heavy (non-hydrogen) atoms. The Morgan fingerprint density at radius 2 is 2.12 bits per heavy atom. The number of likely N-dealkylation sites (N-methyl/N-ethyl adjacent to an activating group) is 1. The van der Waals surface area contributed by atoms with E-state index in [1.165, 1.54) is 42.2 Å². The first-order chi connectivity index (χ1) is 15.5. The second-order valence-corrected chi connectivity index (χ2v) is 9.47. The first-order valence-corrected chi connectivity index (χ1v) is 12.2. The van der Waals surface area contributed by atoms with Crippen molar-refractivity contribution in [2.24, 2.45) is 0 Å². The molecule has 3 atom stereocenters. The third kappa shape index (κ3) is 3.65. The fraction of sp³-hybridized carbons (Fsp3) is 0.556. The minimum absolute atomic E-state index is 0.0417. The van der Waals surface area contributed by atoms with Crippen molar-refractivity contribution in [3.63, 3.8) is 0 Å². The molecule has 0 amide bonds. The van der Waals surface area contributed by atoms with Crippen molar-refractivity contribution in [1.82, 2.24) is 9.38 Å². The van der Waals surface area contributed by atoms with Crippen LogP contribution in [-0.2, 0) is 14.3 Å². The van der Waals surface area contributed by atoms with E-state index in [1.807, 2.05) is 6.08 Å². The Kier molecular flexibility index (Phi) is 6.68. The zero-order chi connectivity index (χ0) is 22.9. The molecule has 0 radical (unpaired) electrons. The highest BCUT2D eigenvalue weighted by Gasteiger charge is 2.53. The van der Waals surface area contributed by atoms with E-state index in [9.17, 15) is 9.59 Å². The summed E-state index contributed by atoms with van der Waals surface area (Å²) in [5.41, 5.74) is 5.96.